The van der Waals surface area contributed by atoms with Crippen molar-refractivity contribution in [3.63, 3.8) is 0 Å². The number of ether oxygens (including phenoxy) is 2. The van der Waals surface area contributed by atoms with Crippen molar-refractivity contribution in [1.29, 1.82) is 5.26 Å². The Morgan fingerprint density at radius 1 is 1.35 bits per heavy atom. The van der Waals surface area contributed by atoms with E-state index in [4.69, 9.17) is 9.47 Å². The lowest BCUT2D eigenvalue weighted by Crippen LogP contribution is -2.36. The molecule has 0 N–H and O–H groups in total. The first-order valence-electron chi connectivity index (χ1n) is 7.26. The molecular weight excluding hydrogens is 252 g/mol. The van der Waals surface area contributed by atoms with Crippen molar-refractivity contribution in [2.24, 2.45) is 0 Å². The van der Waals surface area contributed by atoms with Crippen LogP contribution < -0.4 is 9.64 Å². The van der Waals surface area contributed by atoms with Crippen LogP contribution in [0.25, 0.3) is 0 Å². The van der Waals surface area contributed by atoms with E-state index in [0.717, 1.165) is 50.4 Å². The second-order valence-electron chi connectivity index (χ2n) is 5.05. The summed E-state index contributed by atoms with van der Waals surface area (Å²) in [6.45, 7) is 8.13. The van der Waals surface area contributed by atoms with Crippen molar-refractivity contribution in [2.75, 3.05) is 37.8 Å². The summed E-state index contributed by atoms with van der Waals surface area (Å²) in [7, 11) is 0. The molecule has 4 heteroatoms. The summed E-state index contributed by atoms with van der Waals surface area (Å²) in [5.41, 5.74) is 2.89. The third-order valence-electron chi connectivity index (χ3n) is 3.53. The largest absolute Gasteiger partial charge is 0.492 e. The molecule has 1 fully saturated rings. The van der Waals surface area contributed by atoms with E-state index in [1.54, 1.807) is 0 Å². The lowest BCUT2D eigenvalue weighted by Gasteiger charge is -2.30. The van der Waals surface area contributed by atoms with Crippen LogP contribution in [0, 0.1) is 18.3 Å². The van der Waals surface area contributed by atoms with Gasteiger partial charge >= 0.3 is 0 Å². The lowest BCUT2D eigenvalue weighted by atomic mass is 10.1. The molecule has 0 spiro atoms. The molecule has 0 unspecified atom stereocenters. The summed E-state index contributed by atoms with van der Waals surface area (Å²) in [6, 6.07) is 6.16. The Hall–Kier alpha value is -1.73. The van der Waals surface area contributed by atoms with Crippen LogP contribution in [0.5, 0.6) is 5.75 Å². The van der Waals surface area contributed by atoms with Crippen LogP contribution in [-0.4, -0.2) is 32.9 Å². The molecule has 4 nitrogen and oxygen atoms in total. The zero-order valence-electron chi connectivity index (χ0n) is 12.3. The second kappa shape index (κ2) is 7.16. The molecular formula is C16H22N2O2. The summed E-state index contributed by atoms with van der Waals surface area (Å²) in [6.07, 6.45) is 2.09. The molecule has 0 bridgehead atoms. The number of nitrogens with zero attached hydrogens (tertiary/aromatic N) is 2. The maximum Gasteiger partial charge on any atom is 0.139 e. The minimum Gasteiger partial charge on any atom is -0.492 e. The van der Waals surface area contributed by atoms with E-state index in [1.165, 1.54) is 0 Å². The van der Waals surface area contributed by atoms with E-state index in [-0.39, 0.29) is 0 Å². The monoisotopic (exact) mass is 274 g/mol. The number of hydrogen-bond donors (Lipinski definition) is 0. The summed E-state index contributed by atoms with van der Waals surface area (Å²) in [4.78, 5) is 2.30. The Kier molecular flexibility index (Phi) is 5.25. The first-order chi connectivity index (χ1) is 9.76. The molecule has 0 amide bonds. The van der Waals surface area contributed by atoms with Gasteiger partial charge in [0, 0.05) is 24.8 Å². The molecule has 1 aliphatic rings. The van der Waals surface area contributed by atoms with E-state index in [0.29, 0.717) is 17.9 Å². The highest BCUT2D eigenvalue weighted by Gasteiger charge is 2.16. The maximum absolute atomic E-state index is 9.24. The summed E-state index contributed by atoms with van der Waals surface area (Å²) >= 11 is 0. The molecule has 0 aliphatic carbocycles. The van der Waals surface area contributed by atoms with Gasteiger partial charge in [0.05, 0.1) is 25.4 Å². The maximum atomic E-state index is 9.24. The molecule has 1 aliphatic heterocycles. The van der Waals surface area contributed by atoms with Gasteiger partial charge in [-0.25, -0.2) is 0 Å². The highest BCUT2D eigenvalue weighted by atomic mass is 16.5. The van der Waals surface area contributed by atoms with Gasteiger partial charge in [-0.15, -0.1) is 0 Å². The fraction of sp³-hybridized carbons (Fsp3) is 0.562. The van der Waals surface area contributed by atoms with Gasteiger partial charge in [0.2, 0.25) is 0 Å². The minimum atomic E-state index is 0.621. The van der Waals surface area contributed by atoms with Crippen LogP contribution in [0.1, 0.15) is 30.9 Å². The van der Waals surface area contributed by atoms with E-state index in [9.17, 15) is 5.26 Å². The average molecular weight is 274 g/mol. The highest BCUT2D eigenvalue weighted by Crippen LogP contribution is 2.30. The van der Waals surface area contributed by atoms with Crippen LogP contribution >= 0.6 is 0 Å². The van der Waals surface area contributed by atoms with E-state index in [2.05, 4.69) is 17.9 Å². The van der Waals surface area contributed by atoms with Gasteiger partial charge in [0.25, 0.3) is 0 Å². The van der Waals surface area contributed by atoms with E-state index in [1.807, 2.05) is 19.1 Å². The van der Waals surface area contributed by atoms with E-state index >= 15 is 0 Å². The lowest BCUT2D eigenvalue weighted by molar-refractivity contribution is 0.122. The molecule has 0 aromatic heterocycles. The van der Waals surface area contributed by atoms with Crippen molar-refractivity contribution in [1.82, 2.24) is 0 Å². The minimum absolute atomic E-state index is 0.621. The van der Waals surface area contributed by atoms with Gasteiger partial charge < -0.3 is 14.4 Å². The molecule has 1 aromatic rings. The number of benzene rings is 1. The zero-order chi connectivity index (χ0) is 14.4. The number of anilines is 1. The Balaban J connectivity index is 2.23. The molecule has 2 rings (SSSR count). The van der Waals surface area contributed by atoms with Crippen molar-refractivity contribution in [3.05, 3.63) is 23.3 Å². The molecule has 20 heavy (non-hydrogen) atoms. The Labute approximate surface area is 120 Å². The van der Waals surface area contributed by atoms with E-state index < -0.39 is 0 Å². The number of aryl methyl sites for hydroxylation is 1. The number of rotatable bonds is 5. The third kappa shape index (κ3) is 3.43. The van der Waals surface area contributed by atoms with Crippen LogP contribution in [0.15, 0.2) is 12.1 Å². The van der Waals surface area contributed by atoms with Gasteiger partial charge in [0.1, 0.15) is 11.8 Å². The number of nitriles is 1. The second-order valence-corrected chi connectivity index (χ2v) is 5.05. The number of morpholine rings is 1. The van der Waals surface area contributed by atoms with Crippen molar-refractivity contribution < 1.29 is 9.47 Å². The predicted octanol–water partition coefficient (Wildman–Crippen LogP) is 2.88. The third-order valence-corrected chi connectivity index (χ3v) is 3.53. The summed E-state index contributed by atoms with van der Waals surface area (Å²) in [5.74, 6) is 0.702. The van der Waals surface area contributed by atoms with Gasteiger partial charge in [-0.1, -0.05) is 13.3 Å². The number of unbranched alkanes of at least 4 members (excludes halogenated alkanes) is 1. The Bertz CT molecular complexity index is 488. The molecule has 0 saturated carbocycles. The smallest absolute Gasteiger partial charge is 0.139 e. The highest BCUT2D eigenvalue weighted by molar-refractivity contribution is 5.62. The normalized spacial score (nSPS) is 14.9. The molecule has 1 heterocycles. The summed E-state index contributed by atoms with van der Waals surface area (Å²) < 4.78 is 11.2. The first-order valence-corrected chi connectivity index (χ1v) is 7.26. The Morgan fingerprint density at radius 2 is 2.10 bits per heavy atom. The molecule has 0 atom stereocenters. The fourth-order valence-electron chi connectivity index (χ4n) is 2.36. The van der Waals surface area contributed by atoms with Gasteiger partial charge in [-0.05, 0) is 25.0 Å². The van der Waals surface area contributed by atoms with Gasteiger partial charge in [0.15, 0.2) is 0 Å². The average Bonchev–Trinajstić information content (AvgIpc) is 2.49. The van der Waals surface area contributed by atoms with Crippen LogP contribution in [-0.2, 0) is 4.74 Å². The molecule has 1 aromatic carbocycles. The van der Waals surface area contributed by atoms with Crippen molar-refractivity contribution in [2.45, 2.75) is 26.7 Å². The number of hydrogen-bond acceptors (Lipinski definition) is 4. The zero-order valence-corrected chi connectivity index (χ0v) is 12.3. The molecule has 1 saturated heterocycles. The standard InChI is InChI=1S/C16H22N2O2/c1-3-4-7-20-16-11-15(13(2)10-14(16)12-17)18-5-8-19-9-6-18/h10-11H,3-9H2,1-2H3. The van der Waals surface area contributed by atoms with Crippen LogP contribution in [0.4, 0.5) is 5.69 Å². The first kappa shape index (κ1) is 14.7. The molecule has 108 valence electrons. The fourth-order valence-corrected chi connectivity index (χ4v) is 2.36. The van der Waals surface area contributed by atoms with Crippen LogP contribution in [0.2, 0.25) is 0 Å². The quantitative estimate of drug-likeness (QED) is 0.775. The van der Waals surface area contributed by atoms with Gasteiger partial charge in [-0.3, -0.25) is 0 Å². The van der Waals surface area contributed by atoms with Crippen molar-refractivity contribution in [3.8, 4) is 11.8 Å². The Morgan fingerprint density at radius 3 is 2.75 bits per heavy atom. The summed E-state index contributed by atoms with van der Waals surface area (Å²) in [5, 5.41) is 9.24. The molecule has 0 radical (unpaired) electrons. The predicted molar refractivity (Wildman–Crippen MR) is 79.3 cm³/mol. The van der Waals surface area contributed by atoms with Crippen molar-refractivity contribution >= 4 is 5.69 Å². The topological polar surface area (TPSA) is 45.5 Å². The van der Waals surface area contributed by atoms with Gasteiger partial charge in [-0.2, -0.15) is 5.26 Å². The van der Waals surface area contributed by atoms with Crippen LogP contribution in [0.3, 0.4) is 0 Å². The SMILES string of the molecule is CCCCOc1cc(N2CCOCC2)c(C)cc1C#N.